The Morgan fingerprint density at radius 1 is 1.36 bits per heavy atom. The highest BCUT2D eigenvalue weighted by Crippen LogP contribution is 2.48. The van der Waals surface area contributed by atoms with Crippen molar-refractivity contribution in [1.29, 1.82) is 0 Å². The number of anilines is 2. The summed E-state index contributed by atoms with van der Waals surface area (Å²) in [6, 6.07) is 0.979. The van der Waals surface area contributed by atoms with Gasteiger partial charge >= 0.3 is 6.18 Å². The first-order valence-corrected chi connectivity index (χ1v) is 11.0. The Morgan fingerprint density at radius 2 is 2.18 bits per heavy atom. The normalized spacial score (nSPS) is 26.0. The van der Waals surface area contributed by atoms with E-state index in [-0.39, 0.29) is 36.4 Å². The van der Waals surface area contributed by atoms with Crippen LogP contribution in [0.15, 0.2) is 29.3 Å². The van der Waals surface area contributed by atoms with E-state index in [1.165, 1.54) is 23.0 Å². The summed E-state index contributed by atoms with van der Waals surface area (Å²) in [4.78, 5) is 34.8. The molecular weight excluding hydrogens is 439 g/mol. The summed E-state index contributed by atoms with van der Waals surface area (Å²) in [6.07, 6.45) is -0.959. The van der Waals surface area contributed by atoms with Crippen molar-refractivity contribution in [3.63, 3.8) is 0 Å². The number of hydrogen-bond acceptors (Lipinski definition) is 7. The molecule has 176 valence electrons. The molecule has 4 heterocycles. The Labute approximate surface area is 187 Å². The lowest BCUT2D eigenvalue weighted by Crippen LogP contribution is -2.54. The molecule has 33 heavy (non-hydrogen) atoms. The van der Waals surface area contributed by atoms with E-state index in [2.05, 4.69) is 15.3 Å². The van der Waals surface area contributed by atoms with Gasteiger partial charge in [0, 0.05) is 37.1 Å². The molecule has 0 spiro atoms. The third-order valence-electron chi connectivity index (χ3n) is 6.74. The predicted molar refractivity (Wildman–Crippen MR) is 113 cm³/mol. The second kappa shape index (κ2) is 8.12. The van der Waals surface area contributed by atoms with Gasteiger partial charge in [0.25, 0.3) is 5.56 Å². The van der Waals surface area contributed by atoms with E-state index >= 15 is 0 Å². The van der Waals surface area contributed by atoms with Crippen LogP contribution in [0, 0.1) is 18.8 Å². The second-order valence-corrected chi connectivity index (χ2v) is 8.93. The minimum atomic E-state index is -4.59. The number of pyridine rings is 1. The summed E-state index contributed by atoms with van der Waals surface area (Å²) in [6.45, 7) is 2.14. The molecule has 0 amide bonds. The van der Waals surface area contributed by atoms with Gasteiger partial charge in [-0.2, -0.15) is 18.2 Å². The molecule has 8 nitrogen and oxygen atoms in total. The van der Waals surface area contributed by atoms with Crippen LogP contribution >= 0.6 is 0 Å². The van der Waals surface area contributed by atoms with Crippen LogP contribution in [-0.4, -0.2) is 58.3 Å². The van der Waals surface area contributed by atoms with E-state index in [1.807, 2.05) is 0 Å². The van der Waals surface area contributed by atoms with Gasteiger partial charge in [0.2, 0.25) is 5.95 Å². The van der Waals surface area contributed by atoms with Crippen molar-refractivity contribution >= 4 is 17.5 Å². The standard InChI is InChI=1S/C22H24F3N5O3/c1-12-2-4-26-8-15(12)16(31)10-30-18(22(23,24)25)3-5-29-20(32)7-19(28-21(29)30)27-9-17-14-6-13(14)11-33-17/h2,4,7-8,13-14,17-18,27H,3,5-6,9-11H2,1H3/t13?,14?,17-,18+/m1/s1. The number of carbonyl (C=O) groups excluding carboxylic acids is 1. The maximum atomic E-state index is 13.9. The molecular formula is C22H24F3N5O3. The van der Waals surface area contributed by atoms with Gasteiger partial charge in [-0.1, -0.05) is 0 Å². The SMILES string of the molecule is Cc1ccncc1C(=O)CN1c2nc(NC[C@H]3OCC4CC43)cc(=O)n2CC[C@H]1C(F)(F)F. The maximum absolute atomic E-state index is 13.9. The summed E-state index contributed by atoms with van der Waals surface area (Å²) < 4.78 is 48.6. The zero-order valence-corrected chi connectivity index (χ0v) is 18.0. The van der Waals surface area contributed by atoms with E-state index in [0.717, 1.165) is 11.3 Å². The fourth-order valence-electron chi connectivity index (χ4n) is 4.78. The number of ketones is 1. The van der Waals surface area contributed by atoms with Crippen LogP contribution in [0.25, 0.3) is 0 Å². The number of aromatic nitrogens is 3. The van der Waals surface area contributed by atoms with Crippen LogP contribution in [0.1, 0.15) is 28.8 Å². The van der Waals surface area contributed by atoms with Crippen LogP contribution in [0.4, 0.5) is 24.9 Å². The number of Topliss-reactive ketones (excluding diaryl/α,β-unsaturated/α-hetero) is 1. The highest BCUT2D eigenvalue weighted by molar-refractivity contribution is 6.00. The van der Waals surface area contributed by atoms with E-state index in [0.29, 0.717) is 30.6 Å². The minimum absolute atomic E-state index is 0.00440. The molecule has 4 atom stereocenters. The molecule has 2 aromatic rings. The zero-order valence-electron chi connectivity index (χ0n) is 18.0. The first-order chi connectivity index (χ1) is 15.7. The number of fused-ring (bicyclic) bond motifs is 2. The lowest BCUT2D eigenvalue weighted by molar-refractivity contribution is -0.152. The average Bonchev–Trinajstić information content (AvgIpc) is 3.43. The quantitative estimate of drug-likeness (QED) is 0.658. The largest absolute Gasteiger partial charge is 0.408 e. The monoisotopic (exact) mass is 463 g/mol. The smallest absolute Gasteiger partial charge is 0.376 e. The molecule has 2 aromatic heterocycles. The van der Waals surface area contributed by atoms with Gasteiger partial charge < -0.3 is 15.0 Å². The number of rotatable bonds is 6. The summed E-state index contributed by atoms with van der Waals surface area (Å²) in [5.41, 5.74) is 0.394. The molecule has 0 radical (unpaired) electrons. The third-order valence-corrected chi connectivity index (χ3v) is 6.74. The van der Waals surface area contributed by atoms with Gasteiger partial charge in [0.05, 0.1) is 19.3 Å². The van der Waals surface area contributed by atoms with Crippen molar-refractivity contribution in [2.24, 2.45) is 11.8 Å². The van der Waals surface area contributed by atoms with Gasteiger partial charge in [-0.3, -0.25) is 19.1 Å². The van der Waals surface area contributed by atoms with E-state index in [9.17, 15) is 22.8 Å². The highest BCUT2D eigenvalue weighted by atomic mass is 19.4. The van der Waals surface area contributed by atoms with Crippen LogP contribution < -0.4 is 15.8 Å². The van der Waals surface area contributed by atoms with Gasteiger partial charge in [-0.15, -0.1) is 0 Å². The third kappa shape index (κ3) is 4.21. The van der Waals surface area contributed by atoms with E-state index < -0.39 is 30.1 Å². The Hall–Kier alpha value is -2.95. The van der Waals surface area contributed by atoms with Crippen molar-refractivity contribution in [3.05, 3.63) is 46.0 Å². The van der Waals surface area contributed by atoms with Crippen LogP contribution in [0.3, 0.4) is 0 Å². The lowest BCUT2D eigenvalue weighted by Gasteiger charge is -2.38. The van der Waals surface area contributed by atoms with Crippen LogP contribution in [0.5, 0.6) is 0 Å². The Balaban J connectivity index is 1.45. The molecule has 3 aliphatic rings. The summed E-state index contributed by atoms with van der Waals surface area (Å²) >= 11 is 0. The number of aryl methyl sites for hydroxylation is 1. The number of nitrogens with zero attached hydrogens (tertiary/aromatic N) is 4. The first kappa shape index (κ1) is 21.9. The fourth-order valence-corrected chi connectivity index (χ4v) is 4.78. The number of alkyl halides is 3. The molecule has 1 aliphatic carbocycles. The lowest BCUT2D eigenvalue weighted by atomic mass is 10.0. The summed E-state index contributed by atoms with van der Waals surface area (Å²) in [5, 5.41) is 3.05. The topological polar surface area (TPSA) is 89.4 Å². The van der Waals surface area contributed by atoms with Gasteiger partial charge in [-0.05, 0) is 43.2 Å². The Morgan fingerprint density at radius 3 is 2.85 bits per heavy atom. The molecule has 1 N–H and O–H groups in total. The zero-order chi connectivity index (χ0) is 23.3. The summed E-state index contributed by atoms with van der Waals surface area (Å²) in [7, 11) is 0. The fraction of sp³-hybridized carbons (Fsp3) is 0.545. The number of nitrogens with one attached hydrogen (secondary N) is 1. The highest BCUT2D eigenvalue weighted by Gasteiger charge is 2.49. The molecule has 2 unspecified atom stereocenters. The van der Waals surface area contributed by atoms with Crippen molar-refractivity contribution in [2.45, 2.75) is 44.6 Å². The Kier molecular flexibility index (Phi) is 5.38. The Bertz CT molecular complexity index is 1130. The molecule has 0 aromatic carbocycles. The van der Waals surface area contributed by atoms with Crippen LogP contribution in [0.2, 0.25) is 0 Å². The molecule has 11 heteroatoms. The molecule has 2 aliphatic heterocycles. The first-order valence-electron chi connectivity index (χ1n) is 11.0. The number of ether oxygens (including phenoxy) is 1. The van der Waals surface area contributed by atoms with Crippen LogP contribution in [-0.2, 0) is 11.3 Å². The van der Waals surface area contributed by atoms with Crippen molar-refractivity contribution in [1.82, 2.24) is 14.5 Å². The van der Waals surface area contributed by atoms with Gasteiger partial charge in [0.15, 0.2) is 5.78 Å². The van der Waals surface area contributed by atoms with Gasteiger partial charge in [0.1, 0.15) is 11.9 Å². The van der Waals surface area contributed by atoms with E-state index in [4.69, 9.17) is 4.74 Å². The molecule has 0 bridgehead atoms. The molecule has 1 saturated carbocycles. The second-order valence-electron chi connectivity index (χ2n) is 8.93. The summed E-state index contributed by atoms with van der Waals surface area (Å²) in [5.74, 6) is 0.573. The average molecular weight is 463 g/mol. The van der Waals surface area contributed by atoms with Crippen molar-refractivity contribution in [3.8, 4) is 0 Å². The maximum Gasteiger partial charge on any atom is 0.408 e. The van der Waals surface area contributed by atoms with Crippen molar-refractivity contribution < 1.29 is 22.7 Å². The number of halogens is 3. The van der Waals surface area contributed by atoms with E-state index in [1.54, 1.807) is 13.0 Å². The molecule has 5 rings (SSSR count). The number of hydrogen-bond donors (Lipinski definition) is 1. The van der Waals surface area contributed by atoms with Gasteiger partial charge in [-0.25, -0.2) is 0 Å². The predicted octanol–water partition coefficient (Wildman–Crippen LogP) is 2.42. The molecule has 2 fully saturated rings. The number of carbonyl (C=O) groups is 1. The minimum Gasteiger partial charge on any atom is -0.376 e. The molecule has 1 saturated heterocycles. The van der Waals surface area contributed by atoms with Crippen molar-refractivity contribution in [2.75, 3.05) is 29.9 Å².